The minimum atomic E-state index is -0.334. The highest BCUT2D eigenvalue weighted by atomic mass is 32.1. The molecule has 0 radical (unpaired) electrons. The first-order chi connectivity index (χ1) is 7.61. The molecule has 1 heterocycles. The normalized spacial score (nSPS) is 10.6. The first kappa shape index (κ1) is 10.9. The number of rotatable bonds is 2. The van der Waals surface area contributed by atoms with Gasteiger partial charge in [0.25, 0.3) is 0 Å². The zero-order valence-electron chi connectivity index (χ0n) is 9.11. The zero-order chi connectivity index (χ0) is 11.7. The molecule has 0 spiro atoms. The van der Waals surface area contributed by atoms with Crippen LogP contribution in [-0.4, -0.2) is 17.6 Å². The Labute approximate surface area is 96.6 Å². The van der Waals surface area contributed by atoms with Crippen LogP contribution in [0.3, 0.4) is 0 Å². The summed E-state index contributed by atoms with van der Waals surface area (Å²) in [6.07, 6.45) is 0. The van der Waals surface area contributed by atoms with Crippen molar-refractivity contribution in [2.24, 2.45) is 0 Å². The second-order valence-corrected chi connectivity index (χ2v) is 4.57. The maximum atomic E-state index is 11.2. The fourth-order valence-corrected chi connectivity index (χ4v) is 2.55. The van der Waals surface area contributed by atoms with E-state index in [1.807, 2.05) is 25.1 Å². The number of hydrogen-bond donors (Lipinski definition) is 1. The Kier molecular flexibility index (Phi) is 2.78. The van der Waals surface area contributed by atoms with Crippen LogP contribution < -0.4 is 4.80 Å². The molecule has 4 nitrogen and oxygen atoms in total. The summed E-state index contributed by atoms with van der Waals surface area (Å²) in [6, 6.07) is 5.93. The molecular formula is C11H12N2O2S. The van der Waals surface area contributed by atoms with Crippen molar-refractivity contribution in [3.05, 3.63) is 28.6 Å². The predicted molar refractivity (Wildman–Crippen MR) is 62.4 cm³/mol. The molecule has 0 aliphatic carbocycles. The van der Waals surface area contributed by atoms with Crippen LogP contribution in [0, 0.1) is 12.3 Å². The number of nitrogens with one attached hydrogen (secondary N) is 1. The average Bonchev–Trinajstić information content (AvgIpc) is 2.54. The number of ether oxygens (including phenoxy) is 1. The van der Waals surface area contributed by atoms with E-state index in [9.17, 15) is 4.79 Å². The van der Waals surface area contributed by atoms with Gasteiger partial charge >= 0.3 is 5.97 Å². The molecule has 0 aliphatic heterocycles. The Bertz CT molecular complexity index is 598. The molecule has 0 saturated heterocycles. The average molecular weight is 236 g/mol. The van der Waals surface area contributed by atoms with Crippen molar-refractivity contribution in [3.63, 3.8) is 0 Å². The third-order valence-corrected chi connectivity index (χ3v) is 3.33. The van der Waals surface area contributed by atoms with Crippen LogP contribution in [0.25, 0.3) is 10.2 Å². The van der Waals surface area contributed by atoms with Crippen LogP contribution >= 0.6 is 11.3 Å². The van der Waals surface area contributed by atoms with Gasteiger partial charge in [0.2, 0.25) is 0 Å². The van der Waals surface area contributed by atoms with Crippen molar-refractivity contribution >= 4 is 27.5 Å². The number of aryl methyl sites for hydroxylation is 1. The van der Waals surface area contributed by atoms with Gasteiger partial charge in [0.15, 0.2) is 4.80 Å². The molecule has 5 heteroatoms. The number of carbonyl (C=O) groups is 1. The maximum absolute atomic E-state index is 11.2. The number of esters is 1. The van der Waals surface area contributed by atoms with Gasteiger partial charge in [-0.25, -0.2) is 0 Å². The monoisotopic (exact) mass is 236 g/mol. The van der Waals surface area contributed by atoms with Crippen LogP contribution in [0.2, 0.25) is 0 Å². The molecule has 16 heavy (non-hydrogen) atoms. The number of benzene rings is 1. The molecule has 2 rings (SSSR count). The molecule has 0 unspecified atom stereocenters. The number of aromatic nitrogens is 1. The van der Waals surface area contributed by atoms with E-state index >= 15 is 0 Å². The van der Waals surface area contributed by atoms with Gasteiger partial charge in [-0.1, -0.05) is 17.4 Å². The van der Waals surface area contributed by atoms with Crippen molar-refractivity contribution in [2.75, 3.05) is 7.11 Å². The Morgan fingerprint density at radius 2 is 2.31 bits per heavy atom. The summed E-state index contributed by atoms with van der Waals surface area (Å²) in [4.78, 5) is 11.6. The molecule has 0 aliphatic rings. The highest BCUT2D eigenvalue weighted by molar-refractivity contribution is 7.16. The molecule has 2 aromatic rings. The lowest BCUT2D eigenvalue weighted by Crippen LogP contribution is -2.20. The first-order valence-corrected chi connectivity index (χ1v) is 5.65. The minimum Gasteiger partial charge on any atom is -0.468 e. The summed E-state index contributed by atoms with van der Waals surface area (Å²) in [5, 5.41) is 7.81. The minimum absolute atomic E-state index is 0.0956. The summed E-state index contributed by atoms with van der Waals surface area (Å²) in [5.74, 6) is -0.334. The van der Waals surface area contributed by atoms with E-state index in [4.69, 9.17) is 5.41 Å². The first-order valence-electron chi connectivity index (χ1n) is 4.83. The molecule has 0 bridgehead atoms. The number of methoxy groups -OCH3 is 1. The number of carbonyl (C=O) groups excluding carboxylic acids is 1. The Hall–Kier alpha value is -1.62. The van der Waals surface area contributed by atoms with E-state index in [2.05, 4.69) is 4.74 Å². The van der Waals surface area contributed by atoms with E-state index in [1.54, 1.807) is 4.57 Å². The fourth-order valence-electron chi connectivity index (χ4n) is 1.55. The molecule has 1 aromatic heterocycles. The van der Waals surface area contributed by atoms with Gasteiger partial charge in [-0.15, -0.1) is 0 Å². The number of fused-ring (bicyclic) bond motifs is 1. The van der Waals surface area contributed by atoms with Crippen LogP contribution in [-0.2, 0) is 16.1 Å². The molecule has 84 valence electrons. The van der Waals surface area contributed by atoms with Crippen molar-refractivity contribution in [2.45, 2.75) is 13.5 Å². The van der Waals surface area contributed by atoms with Gasteiger partial charge in [0.05, 0.1) is 17.3 Å². The van der Waals surface area contributed by atoms with Gasteiger partial charge in [-0.05, 0) is 24.6 Å². The Balaban J connectivity index is 2.56. The van der Waals surface area contributed by atoms with E-state index in [-0.39, 0.29) is 12.5 Å². The van der Waals surface area contributed by atoms with E-state index in [0.717, 1.165) is 15.8 Å². The molecule has 1 N–H and O–H groups in total. The number of hydrogen-bond acceptors (Lipinski definition) is 4. The van der Waals surface area contributed by atoms with Gasteiger partial charge in [0, 0.05) is 0 Å². The molecule has 0 saturated carbocycles. The van der Waals surface area contributed by atoms with Crippen molar-refractivity contribution < 1.29 is 9.53 Å². The summed E-state index contributed by atoms with van der Waals surface area (Å²) >= 11 is 1.37. The molecular weight excluding hydrogens is 224 g/mol. The third kappa shape index (κ3) is 1.86. The topological polar surface area (TPSA) is 55.1 Å². The largest absolute Gasteiger partial charge is 0.468 e. The SMILES string of the molecule is COC(=O)Cn1c(=N)sc2cc(C)ccc21. The van der Waals surface area contributed by atoms with Gasteiger partial charge < -0.3 is 9.30 Å². The van der Waals surface area contributed by atoms with Crippen LogP contribution in [0.1, 0.15) is 5.56 Å². The summed E-state index contributed by atoms with van der Waals surface area (Å²) in [6.45, 7) is 2.10. The lowest BCUT2D eigenvalue weighted by Gasteiger charge is -2.02. The third-order valence-electron chi connectivity index (χ3n) is 2.37. The lowest BCUT2D eigenvalue weighted by molar-refractivity contribution is -0.141. The van der Waals surface area contributed by atoms with Crippen LogP contribution in [0.5, 0.6) is 0 Å². The lowest BCUT2D eigenvalue weighted by atomic mass is 10.2. The van der Waals surface area contributed by atoms with Crippen molar-refractivity contribution in [1.82, 2.24) is 4.57 Å². The van der Waals surface area contributed by atoms with E-state index in [0.29, 0.717) is 4.80 Å². The van der Waals surface area contributed by atoms with E-state index < -0.39 is 0 Å². The van der Waals surface area contributed by atoms with Gasteiger partial charge in [0.1, 0.15) is 6.54 Å². The summed E-state index contributed by atoms with van der Waals surface area (Å²) < 4.78 is 7.29. The highest BCUT2D eigenvalue weighted by Gasteiger charge is 2.09. The van der Waals surface area contributed by atoms with Crippen molar-refractivity contribution in [1.29, 1.82) is 5.41 Å². The van der Waals surface area contributed by atoms with E-state index in [1.165, 1.54) is 18.4 Å². The second kappa shape index (κ2) is 4.09. The molecule has 0 atom stereocenters. The molecule has 1 aromatic carbocycles. The second-order valence-electron chi connectivity index (χ2n) is 3.54. The Morgan fingerprint density at radius 3 is 3.00 bits per heavy atom. The maximum Gasteiger partial charge on any atom is 0.325 e. The quantitative estimate of drug-likeness (QED) is 0.806. The Morgan fingerprint density at radius 1 is 1.56 bits per heavy atom. The standard InChI is InChI=1S/C11H12N2O2S/c1-7-3-4-8-9(5-7)16-11(12)13(8)6-10(14)15-2/h3-5,12H,6H2,1-2H3. The summed E-state index contributed by atoms with van der Waals surface area (Å²) in [5.41, 5.74) is 2.06. The predicted octanol–water partition coefficient (Wildman–Crippen LogP) is 1.66. The van der Waals surface area contributed by atoms with Crippen molar-refractivity contribution in [3.8, 4) is 0 Å². The van der Waals surface area contributed by atoms with Crippen LogP contribution in [0.4, 0.5) is 0 Å². The smallest absolute Gasteiger partial charge is 0.325 e. The number of thiazole rings is 1. The summed E-state index contributed by atoms with van der Waals surface area (Å²) in [7, 11) is 1.35. The highest BCUT2D eigenvalue weighted by Crippen LogP contribution is 2.18. The van der Waals surface area contributed by atoms with Gasteiger partial charge in [-0.2, -0.15) is 0 Å². The number of nitrogens with zero attached hydrogens (tertiary/aromatic N) is 1. The molecule has 0 fully saturated rings. The fraction of sp³-hybridized carbons (Fsp3) is 0.273. The molecule has 0 amide bonds. The van der Waals surface area contributed by atoms with Crippen LogP contribution in [0.15, 0.2) is 18.2 Å². The van der Waals surface area contributed by atoms with Gasteiger partial charge in [-0.3, -0.25) is 10.2 Å². The zero-order valence-corrected chi connectivity index (χ0v) is 9.93.